The van der Waals surface area contributed by atoms with E-state index in [0.29, 0.717) is 11.3 Å². The van der Waals surface area contributed by atoms with Crippen LogP contribution in [0.5, 0.6) is 5.75 Å². The van der Waals surface area contributed by atoms with Crippen molar-refractivity contribution in [2.45, 2.75) is 14.7 Å². The highest BCUT2D eigenvalue weighted by molar-refractivity contribution is 14.1. The Hall–Kier alpha value is -1.31. The number of anilines is 2. The molecule has 0 unspecified atom stereocenters. The molecule has 0 radical (unpaired) electrons. The highest BCUT2D eigenvalue weighted by Gasteiger charge is 2.37. The zero-order valence-electron chi connectivity index (χ0n) is 16.4. The zero-order chi connectivity index (χ0) is 22.2. The predicted octanol–water partition coefficient (Wildman–Crippen LogP) is 7.87. The second-order valence-corrected chi connectivity index (χ2v) is 12.6. The molecule has 0 aliphatic carbocycles. The van der Waals surface area contributed by atoms with Crippen molar-refractivity contribution in [1.29, 1.82) is 0 Å². The molecule has 0 spiro atoms. The summed E-state index contributed by atoms with van der Waals surface area (Å²) in [4.78, 5) is 16.5. The van der Waals surface area contributed by atoms with Crippen LogP contribution in [-0.2, 0) is 10.9 Å². The summed E-state index contributed by atoms with van der Waals surface area (Å²) in [5.74, 6) is 0.270. The van der Waals surface area contributed by atoms with Crippen molar-refractivity contribution in [2.75, 3.05) is 5.32 Å². The van der Waals surface area contributed by atoms with Crippen molar-refractivity contribution in [2.24, 2.45) is 0 Å². The average Bonchev–Trinajstić information content (AvgIpc) is 2.80. The molecule has 0 atom stereocenters. The van der Waals surface area contributed by atoms with E-state index >= 15 is 0 Å². The highest BCUT2D eigenvalue weighted by atomic mass is 127. The first-order valence-corrected chi connectivity index (χ1v) is 14.1. The molecule has 0 saturated carbocycles. The van der Waals surface area contributed by atoms with Gasteiger partial charge in [-0.15, -0.1) is 0 Å². The van der Waals surface area contributed by atoms with E-state index in [2.05, 4.69) is 109 Å². The number of carbonyl (C=O) groups excluding carboxylic acids is 1. The van der Waals surface area contributed by atoms with Crippen LogP contribution in [0.25, 0.3) is 0 Å². The van der Waals surface area contributed by atoms with Crippen LogP contribution in [0.3, 0.4) is 0 Å². The maximum Gasteiger partial charge on any atom is 0.343 e. The summed E-state index contributed by atoms with van der Waals surface area (Å²) in [5.41, 5.74) is 2.79. The predicted molar refractivity (Wildman–Crippen MR) is 154 cm³/mol. The SMILES string of the molecule is O=C(Oc1c(I)cc(I)cc1I)c1ccc([S+]2c3ccccc3Nc3ccccc32)cc1. The van der Waals surface area contributed by atoms with Crippen LogP contribution in [0.4, 0.5) is 11.4 Å². The van der Waals surface area contributed by atoms with Crippen LogP contribution in [0.2, 0.25) is 0 Å². The molecule has 32 heavy (non-hydrogen) atoms. The summed E-state index contributed by atoms with van der Waals surface area (Å²) >= 11 is 6.68. The topological polar surface area (TPSA) is 38.3 Å². The summed E-state index contributed by atoms with van der Waals surface area (Å²) in [6, 6.07) is 28.6. The van der Waals surface area contributed by atoms with Crippen LogP contribution in [0.1, 0.15) is 10.4 Å². The Bertz CT molecular complexity index is 1270. The van der Waals surface area contributed by atoms with Crippen LogP contribution < -0.4 is 10.1 Å². The monoisotopic (exact) mass is 774 g/mol. The Labute approximate surface area is 230 Å². The molecule has 1 aliphatic rings. The van der Waals surface area contributed by atoms with Gasteiger partial charge in [0.05, 0.1) is 24.1 Å². The summed E-state index contributed by atoms with van der Waals surface area (Å²) in [5, 5.41) is 3.54. The van der Waals surface area contributed by atoms with Gasteiger partial charge in [-0.25, -0.2) is 4.79 Å². The number of nitrogens with one attached hydrogen (secondary N) is 1. The van der Waals surface area contributed by atoms with E-state index in [-0.39, 0.29) is 16.9 Å². The lowest BCUT2D eigenvalue weighted by atomic mass is 10.2. The molecular formula is C25H15I3NO2S+. The van der Waals surface area contributed by atoms with Crippen molar-refractivity contribution in [3.8, 4) is 5.75 Å². The number of fused-ring (bicyclic) bond motifs is 2. The van der Waals surface area contributed by atoms with Crippen LogP contribution in [-0.4, -0.2) is 5.97 Å². The Balaban J connectivity index is 1.47. The van der Waals surface area contributed by atoms with Gasteiger partial charge in [0.25, 0.3) is 0 Å². The number of esters is 1. The van der Waals surface area contributed by atoms with Gasteiger partial charge < -0.3 is 10.1 Å². The van der Waals surface area contributed by atoms with Gasteiger partial charge in [-0.3, -0.25) is 0 Å². The third kappa shape index (κ3) is 4.40. The van der Waals surface area contributed by atoms with E-state index in [1.54, 1.807) is 0 Å². The number of hydrogen-bond acceptors (Lipinski definition) is 3. The van der Waals surface area contributed by atoms with Crippen LogP contribution in [0.15, 0.2) is 99.6 Å². The third-order valence-electron chi connectivity index (χ3n) is 4.97. The van der Waals surface area contributed by atoms with Crippen molar-refractivity contribution in [3.63, 3.8) is 0 Å². The van der Waals surface area contributed by atoms with Gasteiger partial charge in [0.1, 0.15) is 10.9 Å². The van der Waals surface area contributed by atoms with Crippen molar-refractivity contribution in [1.82, 2.24) is 0 Å². The highest BCUT2D eigenvalue weighted by Crippen LogP contribution is 2.44. The lowest BCUT2D eigenvalue weighted by Crippen LogP contribution is -2.15. The Morgan fingerprint density at radius 1 is 0.750 bits per heavy atom. The molecule has 4 aromatic rings. The molecule has 1 heterocycles. The number of ether oxygens (including phenoxy) is 1. The summed E-state index contributed by atoms with van der Waals surface area (Å²) < 4.78 is 8.71. The Morgan fingerprint density at radius 2 is 1.28 bits per heavy atom. The fraction of sp³-hybridized carbons (Fsp3) is 0. The minimum absolute atomic E-state index is 0.245. The molecule has 0 amide bonds. The first-order chi connectivity index (χ1) is 15.5. The molecular weight excluding hydrogens is 759 g/mol. The van der Waals surface area contributed by atoms with Crippen molar-refractivity contribution in [3.05, 3.63) is 101 Å². The second kappa shape index (κ2) is 9.51. The van der Waals surface area contributed by atoms with Gasteiger partial charge >= 0.3 is 5.97 Å². The fourth-order valence-electron chi connectivity index (χ4n) is 3.52. The first-order valence-electron chi connectivity index (χ1n) is 9.67. The lowest BCUT2D eigenvalue weighted by molar-refractivity contribution is 0.0732. The molecule has 1 N–H and O–H groups in total. The number of halogens is 3. The van der Waals surface area contributed by atoms with Gasteiger partial charge in [0.2, 0.25) is 0 Å². The molecule has 158 valence electrons. The lowest BCUT2D eigenvalue weighted by Gasteiger charge is -2.20. The van der Waals surface area contributed by atoms with Crippen LogP contribution >= 0.6 is 67.8 Å². The quantitative estimate of drug-likeness (QED) is 0.0879. The number of para-hydroxylation sites is 2. The Kier molecular flexibility index (Phi) is 6.68. The molecule has 0 fully saturated rings. The number of hydrogen-bond donors (Lipinski definition) is 1. The number of rotatable bonds is 3. The zero-order valence-corrected chi connectivity index (χ0v) is 23.7. The molecule has 5 rings (SSSR count). The van der Waals surface area contributed by atoms with E-state index in [0.717, 1.165) is 22.1 Å². The summed E-state index contributed by atoms with van der Waals surface area (Å²) in [6.45, 7) is 0. The van der Waals surface area contributed by atoms with E-state index in [9.17, 15) is 4.79 Å². The minimum atomic E-state index is -0.344. The van der Waals surface area contributed by atoms with Crippen LogP contribution in [0, 0.1) is 10.7 Å². The number of carbonyl (C=O) groups is 1. The van der Waals surface area contributed by atoms with Gasteiger partial charge in [0.15, 0.2) is 20.4 Å². The van der Waals surface area contributed by atoms with E-state index in [1.165, 1.54) is 14.7 Å². The standard InChI is InChI=1S/C25H15I3NO2S/c26-16-13-18(27)24(19(28)14-16)31-25(30)15-9-11-17(12-10-15)32-22-7-3-1-5-20(22)29-21-6-2-4-8-23(21)32/h1-14,29H/q+1. The smallest absolute Gasteiger partial charge is 0.343 e. The third-order valence-corrected chi connectivity index (χ3v) is 9.53. The summed E-state index contributed by atoms with van der Waals surface area (Å²) in [6.07, 6.45) is 0. The molecule has 3 nitrogen and oxygen atoms in total. The summed E-state index contributed by atoms with van der Waals surface area (Å²) in [7, 11) is -0.245. The molecule has 7 heteroatoms. The molecule has 1 aliphatic heterocycles. The van der Waals surface area contributed by atoms with E-state index in [4.69, 9.17) is 4.74 Å². The van der Waals surface area contributed by atoms with Gasteiger partial charge in [-0.1, -0.05) is 24.3 Å². The fourth-order valence-corrected chi connectivity index (χ4v) is 9.58. The average molecular weight is 774 g/mol. The largest absolute Gasteiger partial charge is 0.421 e. The number of benzene rings is 4. The normalized spacial score (nSPS) is 12.5. The molecule has 0 aromatic heterocycles. The van der Waals surface area contributed by atoms with Gasteiger partial charge in [-0.05, 0) is 128 Å². The first kappa shape index (κ1) is 22.5. The maximum atomic E-state index is 12.8. The van der Waals surface area contributed by atoms with E-state index in [1.807, 2.05) is 48.5 Å². The maximum absolute atomic E-state index is 12.8. The molecule has 0 bridgehead atoms. The van der Waals surface area contributed by atoms with Gasteiger partial charge in [-0.2, -0.15) is 0 Å². The minimum Gasteiger partial charge on any atom is -0.421 e. The van der Waals surface area contributed by atoms with Gasteiger partial charge in [0, 0.05) is 3.57 Å². The van der Waals surface area contributed by atoms with Crippen molar-refractivity contribution < 1.29 is 9.53 Å². The van der Waals surface area contributed by atoms with Crippen molar-refractivity contribution >= 4 is 96.0 Å². The second-order valence-electron chi connectivity index (χ2n) is 7.04. The molecule has 0 saturated heterocycles. The molecule has 4 aromatic carbocycles. The van der Waals surface area contributed by atoms with E-state index < -0.39 is 0 Å². The Morgan fingerprint density at radius 3 is 1.84 bits per heavy atom.